The van der Waals surface area contributed by atoms with Crippen LogP contribution in [-0.2, 0) is 5.41 Å². The van der Waals surface area contributed by atoms with Gasteiger partial charge in [-0.25, -0.2) is 0 Å². The number of benzene rings is 13. The van der Waals surface area contributed by atoms with Gasteiger partial charge in [-0.05, 0) is 183 Å². The van der Waals surface area contributed by atoms with E-state index in [0.29, 0.717) is 0 Å². The molecule has 16 rings (SSSR count). The molecule has 95 heavy (non-hydrogen) atoms. The van der Waals surface area contributed by atoms with Gasteiger partial charge in [0.2, 0.25) is 0 Å². The summed E-state index contributed by atoms with van der Waals surface area (Å²) in [4.78, 5) is 7.19. The molecule has 0 saturated heterocycles. The van der Waals surface area contributed by atoms with Crippen molar-refractivity contribution in [2.24, 2.45) is 0 Å². The lowest BCUT2D eigenvalue weighted by atomic mass is 9.69. The first-order valence-electron chi connectivity index (χ1n) is 33.5. The Balaban J connectivity index is 0.948. The van der Waals surface area contributed by atoms with E-state index < -0.39 is 29.6 Å². The van der Waals surface area contributed by atoms with Crippen LogP contribution < -0.4 is 30.3 Å². The molecule has 14 aromatic rings. The van der Waals surface area contributed by atoms with Crippen molar-refractivity contribution in [1.82, 2.24) is 0 Å². The number of rotatable bonds is 14. The quantitative estimate of drug-likeness (QED) is 0.101. The van der Waals surface area contributed by atoms with Crippen LogP contribution in [0.15, 0.2) is 308 Å². The van der Waals surface area contributed by atoms with Crippen molar-refractivity contribution in [3.05, 3.63) is 326 Å². The molecule has 0 N–H and O–H groups in total. The van der Waals surface area contributed by atoms with Gasteiger partial charge in [0.15, 0.2) is 0 Å². The van der Waals surface area contributed by atoms with Crippen LogP contribution in [0.2, 0.25) is 58.9 Å². The van der Waals surface area contributed by atoms with E-state index in [1.165, 1.54) is 54.5 Å². The summed E-state index contributed by atoms with van der Waals surface area (Å²) in [6, 6.07) is 114. The second-order valence-corrected chi connectivity index (χ2v) is 44.2. The third-order valence-corrected chi connectivity index (χ3v) is 26.1. The monoisotopic (exact) mass is 1280 g/mol. The molecule has 0 amide bonds. The van der Waals surface area contributed by atoms with Crippen LogP contribution in [0.3, 0.4) is 0 Å². The van der Waals surface area contributed by atoms with Gasteiger partial charge in [0, 0.05) is 73.6 Å². The Morgan fingerprint density at radius 1 is 0.263 bits per heavy atom. The SMILES string of the molecule is C[Si](C)(C)c1ccc(N(c2ccccc2)c2cccc(-c3ccc4c(c3)C3(c5ccccc5-c5ccccc53)c3cc(-c5cccc(N(c6ccccc6)c6ccc([Si](C)(C)C)cc6)c5)c5c(oc6cc(N(c7ccccc7)c7ccc([Si](C)(C)C)cc7)ccc65)c3-4)c2)cc1. The molecule has 0 radical (unpaired) electrons. The number of furan rings is 1. The number of nitrogens with zero attached hydrogens (tertiary/aromatic N) is 3. The Hall–Kier alpha value is -10.3. The van der Waals surface area contributed by atoms with E-state index >= 15 is 0 Å². The first kappa shape index (κ1) is 59.7. The topological polar surface area (TPSA) is 22.9 Å². The molecule has 0 saturated carbocycles. The van der Waals surface area contributed by atoms with E-state index in [1.54, 1.807) is 0 Å². The predicted octanol–water partition coefficient (Wildman–Crippen LogP) is 23.3. The van der Waals surface area contributed by atoms with Crippen molar-refractivity contribution >= 4 is 113 Å². The third kappa shape index (κ3) is 10.2. The normalized spacial score (nSPS) is 13.0. The van der Waals surface area contributed by atoms with Gasteiger partial charge in [-0.1, -0.05) is 250 Å². The van der Waals surface area contributed by atoms with Gasteiger partial charge < -0.3 is 19.1 Å². The first-order valence-corrected chi connectivity index (χ1v) is 44.0. The highest BCUT2D eigenvalue weighted by Gasteiger charge is 2.53. The van der Waals surface area contributed by atoms with E-state index in [0.717, 1.165) is 101 Å². The van der Waals surface area contributed by atoms with Crippen LogP contribution in [0.4, 0.5) is 51.2 Å². The molecule has 0 aliphatic heterocycles. The molecule has 0 atom stereocenters. The van der Waals surface area contributed by atoms with Gasteiger partial charge in [-0.3, -0.25) is 0 Å². The third-order valence-electron chi connectivity index (χ3n) is 19.9. The molecule has 1 spiro atoms. The van der Waals surface area contributed by atoms with Crippen molar-refractivity contribution in [2.75, 3.05) is 14.7 Å². The maximum atomic E-state index is 7.81. The molecular weight excluding hydrogens is 1200 g/mol. The summed E-state index contributed by atoms with van der Waals surface area (Å²) >= 11 is 0. The lowest BCUT2D eigenvalue weighted by Gasteiger charge is -2.31. The van der Waals surface area contributed by atoms with Crippen LogP contribution in [0.5, 0.6) is 0 Å². The smallest absolute Gasteiger partial charge is 0.144 e. The number of hydrogen-bond acceptors (Lipinski definition) is 4. The Labute approximate surface area is 562 Å². The van der Waals surface area contributed by atoms with Crippen LogP contribution in [0, 0.1) is 0 Å². The molecular formula is C88H77N3OSi3. The maximum Gasteiger partial charge on any atom is 0.144 e. The zero-order chi connectivity index (χ0) is 65.0. The fourth-order valence-electron chi connectivity index (χ4n) is 15.1. The zero-order valence-corrected chi connectivity index (χ0v) is 58.6. The highest BCUT2D eigenvalue weighted by Crippen LogP contribution is 2.65. The second-order valence-electron chi connectivity index (χ2n) is 28.9. The summed E-state index contributed by atoms with van der Waals surface area (Å²) in [5.41, 5.74) is 25.2. The van der Waals surface area contributed by atoms with Crippen molar-refractivity contribution in [1.29, 1.82) is 0 Å². The number of hydrogen-bond donors (Lipinski definition) is 0. The van der Waals surface area contributed by atoms with Crippen molar-refractivity contribution in [3.63, 3.8) is 0 Å². The lowest BCUT2D eigenvalue weighted by molar-refractivity contribution is 0.669. The average molecular weight is 1280 g/mol. The second kappa shape index (κ2) is 23.0. The van der Waals surface area contributed by atoms with E-state index in [2.05, 4.69) is 377 Å². The average Bonchev–Trinajstić information content (AvgIpc) is 1.50. The van der Waals surface area contributed by atoms with E-state index in [-0.39, 0.29) is 0 Å². The summed E-state index contributed by atoms with van der Waals surface area (Å²) in [6.07, 6.45) is 0. The van der Waals surface area contributed by atoms with E-state index in [9.17, 15) is 0 Å². The molecule has 4 nitrogen and oxygen atoms in total. The van der Waals surface area contributed by atoms with Crippen LogP contribution in [0.1, 0.15) is 22.3 Å². The van der Waals surface area contributed by atoms with Crippen LogP contribution >= 0.6 is 0 Å². The zero-order valence-electron chi connectivity index (χ0n) is 55.6. The molecule has 1 heterocycles. The van der Waals surface area contributed by atoms with Gasteiger partial charge in [0.25, 0.3) is 0 Å². The van der Waals surface area contributed by atoms with E-state index in [1.807, 2.05) is 0 Å². The summed E-state index contributed by atoms with van der Waals surface area (Å²) in [7, 11) is -4.68. The molecule has 0 unspecified atom stereocenters. The van der Waals surface area contributed by atoms with Crippen molar-refractivity contribution < 1.29 is 4.42 Å². The molecule has 13 aromatic carbocycles. The number of para-hydroxylation sites is 3. The summed E-state index contributed by atoms with van der Waals surface area (Å²) in [5.74, 6) is 0. The standard InChI is InChI=1S/C88H77N3OSi3/c1-93(2,3)72-47-40-66(41-48-72)89(63-27-13-10-14-28-63)69-33-23-25-60(55-69)61-39-53-77-82(57-61)88(80-37-21-19-35-75(80)76-36-20-22-38-81(76)88)83-59-79(62-26-24-34-70(56-62)90(64-29-15-11-16-30-64)67-42-49-73(50-43-67)94(4,5)6)85-78-54-46-71(58-84(78)92-87(85)86(77)83)91(65-31-17-12-18-32-65)68-44-51-74(52-45-68)95(7,8)9/h10-59H,1-9H3. The minimum Gasteiger partial charge on any atom is -0.455 e. The van der Waals surface area contributed by atoms with Crippen molar-refractivity contribution in [2.45, 2.75) is 64.3 Å². The summed E-state index contributed by atoms with van der Waals surface area (Å²) in [6.45, 7) is 21.7. The molecule has 2 aliphatic rings. The Kier molecular flexibility index (Phi) is 14.5. The maximum absolute atomic E-state index is 7.81. The minimum absolute atomic E-state index is 0.718. The van der Waals surface area contributed by atoms with Gasteiger partial charge in [0.05, 0.1) is 29.6 Å². The van der Waals surface area contributed by atoms with Crippen LogP contribution in [-0.4, -0.2) is 24.2 Å². The molecule has 0 fully saturated rings. The molecule has 462 valence electrons. The fourth-order valence-corrected chi connectivity index (χ4v) is 18.6. The lowest BCUT2D eigenvalue weighted by Crippen LogP contribution is -2.37. The van der Waals surface area contributed by atoms with Gasteiger partial charge in [-0.15, -0.1) is 0 Å². The van der Waals surface area contributed by atoms with Crippen molar-refractivity contribution in [3.8, 4) is 44.5 Å². The molecule has 7 heteroatoms. The predicted molar refractivity (Wildman–Crippen MR) is 414 cm³/mol. The minimum atomic E-state index is -1.57. The summed E-state index contributed by atoms with van der Waals surface area (Å²) in [5, 5.41) is 6.47. The largest absolute Gasteiger partial charge is 0.455 e. The highest BCUT2D eigenvalue weighted by molar-refractivity contribution is 6.89. The van der Waals surface area contributed by atoms with E-state index in [4.69, 9.17) is 4.42 Å². The highest BCUT2D eigenvalue weighted by atomic mass is 28.3. The Morgan fingerprint density at radius 3 is 1.11 bits per heavy atom. The van der Waals surface area contributed by atoms with Gasteiger partial charge in [-0.2, -0.15) is 0 Å². The number of anilines is 9. The molecule has 1 aromatic heterocycles. The van der Waals surface area contributed by atoms with Gasteiger partial charge in [0.1, 0.15) is 11.2 Å². The van der Waals surface area contributed by atoms with Gasteiger partial charge >= 0.3 is 0 Å². The Bertz CT molecular complexity index is 5190. The fraction of sp³-hybridized carbons (Fsp3) is 0.114. The number of fused-ring (bicyclic) bond motifs is 14. The molecule has 2 aliphatic carbocycles. The van der Waals surface area contributed by atoms with Crippen LogP contribution in [0.25, 0.3) is 66.4 Å². The molecule has 0 bridgehead atoms. The summed E-state index contributed by atoms with van der Waals surface area (Å²) < 4.78 is 7.81. The Morgan fingerprint density at radius 2 is 0.642 bits per heavy atom. The first-order chi connectivity index (χ1) is 46.0.